The van der Waals surface area contributed by atoms with Gasteiger partial charge in [-0.1, -0.05) is 80.5 Å². The second-order valence-electron chi connectivity index (χ2n) is 12.9. The Kier molecular flexibility index (Phi) is 22.6. The average Bonchev–Trinajstić information content (AvgIpc) is 3.06. The summed E-state index contributed by atoms with van der Waals surface area (Å²) >= 11 is 0. The highest BCUT2D eigenvalue weighted by atomic mass is 16.6. The topological polar surface area (TPSA) is 218 Å². The van der Waals surface area contributed by atoms with E-state index >= 15 is 0 Å². The molecular weight excluding hydrogens is 658 g/mol. The van der Waals surface area contributed by atoms with Gasteiger partial charge in [-0.15, -0.1) is 0 Å². The van der Waals surface area contributed by atoms with Gasteiger partial charge in [0, 0.05) is 13.0 Å². The highest BCUT2D eigenvalue weighted by Gasteiger charge is 2.49. The number of carboxylic acids is 3. The summed E-state index contributed by atoms with van der Waals surface area (Å²) < 4.78 is 5.62. The van der Waals surface area contributed by atoms with Crippen molar-refractivity contribution in [3.05, 3.63) is 53.6 Å². The molecule has 7 N–H and O–H groups in total. The van der Waals surface area contributed by atoms with Crippen molar-refractivity contribution < 1.29 is 49.2 Å². The van der Waals surface area contributed by atoms with Gasteiger partial charge in [0.2, 0.25) is 5.91 Å². The largest absolute Gasteiger partial charge is 0.490 e. The summed E-state index contributed by atoms with van der Waals surface area (Å²) in [5, 5.41) is 46.6. The van der Waals surface area contributed by atoms with Crippen molar-refractivity contribution in [1.82, 2.24) is 5.32 Å². The predicted molar refractivity (Wildman–Crippen MR) is 196 cm³/mol. The predicted octanol–water partition coefficient (Wildman–Crippen LogP) is 5.64. The summed E-state index contributed by atoms with van der Waals surface area (Å²) in [5.74, 6) is -7.36. The van der Waals surface area contributed by atoms with E-state index in [0.29, 0.717) is 43.9 Å². The van der Waals surface area contributed by atoms with Crippen molar-refractivity contribution in [3.63, 3.8) is 0 Å². The number of nitrogens with two attached hydrogens (primary N) is 1. The number of aliphatic hydroxyl groups is 1. The molecule has 0 spiro atoms. The van der Waals surface area contributed by atoms with E-state index in [1.807, 2.05) is 19.9 Å². The first-order valence-electron chi connectivity index (χ1n) is 17.9. The van der Waals surface area contributed by atoms with Gasteiger partial charge in [0.05, 0.1) is 18.1 Å². The SMILES string of the molecule is CCCCCCC/C(CCCCCC/C=C/[C@H](C(=O)N[C@@H](Cc1ccc(OCC=C(C)C)cc1)C(=O)O)[C@@](O)(CC(=O)O)C(=O)O)=N\OCCN. The lowest BCUT2D eigenvalue weighted by atomic mass is 9.82. The molecule has 0 saturated carbocycles. The van der Waals surface area contributed by atoms with Crippen LogP contribution in [0.15, 0.2) is 53.2 Å². The van der Waals surface area contributed by atoms with Gasteiger partial charge in [-0.25, -0.2) is 9.59 Å². The molecule has 3 atom stereocenters. The number of amides is 1. The van der Waals surface area contributed by atoms with Gasteiger partial charge in [0.25, 0.3) is 0 Å². The Hall–Kier alpha value is -4.23. The van der Waals surface area contributed by atoms with Crippen molar-refractivity contribution in [2.45, 2.75) is 122 Å². The molecule has 0 aliphatic heterocycles. The maximum Gasteiger partial charge on any atom is 0.337 e. The lowest BCUT2D eigenvalue weighted by Gasteiger charge is -2.29. The standard InChI is InChI=1S/C38H59N3O10/c1-4-5-6-9-12-15-30(41-51-25-23-39)16-13-10-7-8-11-14-17-32(38(49,37(47)48)27-34(42)43)35(44)40-33(36(45)46)26-29-18-20-31(21-19-29)50-24-22-28(2)3/h14,17-22,32-33,49H,4-13,15-16,23-27,39H2,1-3H3,(H,40,44)(H,42,43)(H,45,46)(H,47,48)/b17-14+,41-30+/t32-,33+,38+/m1/s1. The van der Waals surface area contributed by atoms with Crippen molar-refractivity contribution in [2.24, 2.45) is 16.8 Å². The van der Waals surface area contributed by atoms with E-state index in [-0.39, 0.29) is 6.42 Å². The van der Waals surface area contributed by atoms with Crippen LogP contribution in [-0.2, 0) is 30.4 Å². The number of ether oxygens (including phenoxy) is 1. The molecule has 51 heavy (non-hydrogen) atoms. The Bertz CT molecular complexity index is 1290. The van der Waals surface area contributed by atoms with Crippen LogP contribution in [-0.4, -0.2) is 81.4 Å². The zero-order chi connectivity index (χ0) is 38.1. The third-order valence-electron chi connectivity index (χ3n) is 8.19. The highest BCUT2D eigenvalue weighted by molar-refractivity contribution is 5.94. The van der Waals surface area contributed by atoms with Crippen LogP contribution in [0, 0.1) is 5.92 Å². The van der Waals surface area contributed by atoms with Crippen LogP contribution in [0.4, 0.5) is 0 Å². The molecule has 0 aliphatic carbocycles. The van der Waals surface area contributed by atoms with Gasteiger partial charge in [-0.05, 0) is 76.1 Å². The first-order chi connectivity index (χ1) is 24.3. The second-order valence-corrected chi connectivity index (χ2v) is 12.9. The average molecular weight is 718 g/mol. The Morgan fingerprint density at radius 2 is 1.57 bits per heavy atom. The molecule has 0 aliphatic rings. The highest BCUT2D eigenvalue weighted by Crippen LogP contribution is 2.26. The summed E-state index contributed by atoms with van der Waals surface area (Å²) in [7, 11) is 0. The van der Waals surface area contributed by atoms with Crippen LogP contribution in [0.25, 0.3) is 0 Å². The number of carboxylic acid groups (broad SMARTS) is 3. The van der Waals surface area contributed by atoms with E-state index in [1.54, 1.807) is 24.3 Å². The van der Waals surface area contributed by atoms with Crippen LogP contribution in [0.3, 0.4) is 0 Å². The van der Waals surface area contributed by atoms with E-state index in [1.165, 1.54) is 25.3 Å². The Labute approximate surface area is 302 Å². The van der Waals surface area contributed by atoms with Crippen molar-refractivity contribution in [3.8, 4) is 5.75 Å². The van der Waals surface area contributed by atoms with Gasteiger partial charge in [-0.2, -0.15) is 0 Å². The van der Waals surface area contributed by atoms with Gasteiger partial charge < -0.3 is 41.1 Å². The third-order valence-corrected chi connectivity index (χ3v) is 8.19. The second kappa shape index (κ2) is 25.7. The Balaban J connectivity index is 2.89. The van der Waals surface area contributed by atoms with Gasteiger partial charge in [0.1, 0.15) is 25.0 Å². The fourth-order valence-corrected chi connectivity index (χ4v) is 5.25. The van der Waals surface area contributed by atoms with E-state index in [9.17, 15) is 39.6 Å². The quantitative estimate of drug-likeness (QED) is 0.0258. The van der Waals surface area contributed by atoms with E-state index < -0.39 is 47.8 Å². The minimum absolute atomic E-state index is 0.152. The zero-order valence-electron chi connectivity index (χ0n) is 30.5. The van der Waals surface area contributed by atoms with Crippen molar-refractivity contribution in [2.75, 3.05) is 19.8 Å². The van der Waals surface area contributed by atoms with E-state index in [0.717, 1.165) is 62.3 Å². The number of oxime groups is 1. The molecule has 1 amide bonds. The Morgan fingerprint density at radius 3 is 2.12 bits per heavy atom. The lowest BCUT2D eigenvalue weighted by Crippen LogP contribution is -2.55. The lowest BCUT2D eigenvalue weighted by molar-refractivity contribution is -0.172. The molecule has 0 saturated heterocycles. The molecule has 0 radical (unpaired) electrons. The number of hydrogen-bond donors (Lipinski definition) is 6. The maximum atomic E-state index is 13.4. The number of unbranched alkanes of at least 4 members (excludes halogenated alkanes) is 8. The molecule has 1 aromatic carbocycles. The number of allylic oxidation sites excluding steroid dienone is 2. The fourth-order valence-electron chi connectivity index (χ4n) is 5.25. The minimum atomic E-state index is -3.02. The molecule has 0 fully saturated rings. The minimum Gasteiger partial charge on any atom is -0.490 e. The molecule has 0 aromatic heterocycles. The number of carbonyl (C=O) groups excluding carboxylic acids is 1. The van der Waals surface area contributed by atoms with Gasteiger partial charge in [-0.3, -0.25) is 9.59 Å². The van der Waals surface area contributed by atoms with Crippen LogP contribution in [0.5, 0.6) is 5.75 Å². The maximum absolute atomic E-state index is 13.4. The Morgan fingerprint density at radius 1 is 0.941 bits per heavy atom. The summed E-state index contributed by atoms with van der Waals surface area (Å²) in [5.41, 5.74) is 5.15. The van der Waals surface area contributed by atoms with Crippen LogP contribution < -0.4 is 15.8 Å². The number of aliphatic carboxylic acids is 3. The van der Waals surface area contributed by atoms with Crippen LogP contribution in [0.1, 0.15) is 110 Å². The number of nitrogens with zero attached hydrogens (tertiary/aromatic N) is 1. The number of nitrogens with one attached hydrogen (secondary N) is 1. The molecule has 13 heteroatoms. The number of hydrogen-bond acceptors (Lipinski definition) is 9. The van der Waals surface area contributed by atoms with Crippen molar-refractivity contribution >= 4 is 29.5 Å². The van der Waals surface area contributed by atoms with Gasteiger partial charge in [0.15, 0.2) is 5.60 Å². The molecule has 286 valence electrons. The molecule has 13 nitrogen and oxygen atoms in total. The summed E-state index contributed by atoms with van der Waals surface area (Å²) in [6.45, 7) is 7.20. The zero-order valence-corrected chi connectivity index (χ0v) is 30.5. The number of rotatable bonds is 29. The summed E-state index contributed by atoms with van der Waals surface area (Å²) in [6.07, 6.45) is 14.4. The van der Waals surface area contributed by atoms with Gasteiger partial charge >= 0.3 is 17.9 Å². The van der Waals surface area contributed by atoms with Crippen molar-refractivity contribution in [1.29, 1.82) is 0 Å². The molecule has 0 unspecified atom stereocenters. The van der Waals surface area contributed by atoms with Crippen LogP contribution in [0.2, 0.25) is 0 Å². The first-order valence-corrected chi connectivity index (χ1v) is 17.9. The smallest absolute Gasteiger partial charge is 0.337 e. The normalized spacial score (nSPS) is 13.9. The van der Waals surface area contributed by atoms with Crippen LogP contribution >= 0.6 is 0 Å². The first kappa shape index (κ1) is 44.8. The molecule has 1 aromatic rings. The molecular formula is C38H59N3O10. The third kappa shape index (κ3) is 19.1. The number of carbonyl (C=O) groups is 4. The fraction of sp³-hybridized carbons (Fsp3) is 0.605. The number of benzene rings is 1. The molecule has 0 heterocycles. The van der Waals surface area contributed by atoms with E-state index in [4.69, 9.17) is 15.3 Å². The summed E-state index contributed by atoms with van der Waals surface area (Å²) in [6, 6.07) is 5.13. The molecule has 1 rings (SSSR count). The summed E-state index contributed by atoms with van der Waals surface area (Å²) in [4.78, 5) is 54.5. The monoisotopic (exact) mass is 717 g/mol. The van der Waals surface area contributed by atoms with E-state index in [2.05, 4.69) is 17.4 Å². The molecule has 0 bridgehead atoms.